The first-order valence-corrected chi connectivity index (χ1v) is 14.2. The molecule has 2 amide bonds. The van der Waals surface area contributed by atoms with Crippen molar-refractivity contribution in [2.75, 3.05) is 37.6 Å². The largest absolute Gasteiger partial charge is 0.356 e. The van der Waals surface area contributed by atoms with Gasteiger partial charge in [-0.05, 0) is 79.9 Å². The Kier molecular flexibility index (Phi) is 9.04. The first kappa shape index (κ1) is 28.4. The number of aromatic nitrogens is 2. The van der Waals surface area contributed by atoms with Crippen LogP contribution in [0.3, 0.4) is 0 Å². The van der Waals surface area contributed by atoms with E-state index < -0.39 is 5.82 Å². The summed E-state index contributed by atoms with van der Waals surface area (Å²) >= 11 is 0. The maximum atomic E-state index is 14.6. The van der Waals surface area contributed by atoms with Gasteiger partial charge in [-0.25, -0.2) is 4.39 Å². The highest BCUT2D eigenvalue weighted by Crippen LogP contribution is 2.27. The summed E-state index contributed by atoms with van der Waals surface area (Å²) in [4.78, 5) is 37.5. The van der Waals surface area contributed by atoms with Crippen LogP contribution in [0.5, 0.6) is 0 Å². The Balaban J connectivity index is 1.49. The van der Waals surface area contributed by atoms with E-state index in [0.717, 1.165) is 37.9 Å². The Morgan fingerprint density at radius 3 is 2.59 bits per heavy atom. The number of amides is 2. The molecule has 3 heterocycles. The van der Waals surface area contributed by atoms with Gasteiger partial charge in [0.2, 0.25) is 5.91 Å². The molecule has 0 aliphatic carbocycles. The predicted octanol–water partition coefficient (Wildman–Crippen LogP) is 5.33. The molecule has 0 atom stereocenters. The van der Waals surface area contributed by atoms with Crippen LogP contribution in [-0.4, -0.2) is 64.5 Å². The van der Waals surface area contributed by atoms with Gasteiger partial charge in [0, 0.05) is 49.6 Å². The molecule has 2 aromatic heterocycles. The van der Waals surface area contributed by atoms with E-state index in [9.17, 15) is 14.0 Å². The van der Waals surface area contributed by atoms with E-state index in [2.05, 4.69) is 28.9 Å². The van der Waals surface area contributed by atoms with Gasteiger partial charge in [0.15, 0.2) is 5.58 Å². The summed E-state index contributed by atoms with van der Waals surface area (Å²) in [6.07, 6.45) is 4.78. The highest BCUT2D eigenvalue weighted by molar-refractivity contribution is 6.06. The maximum absolute atomic E-state index is 14.6. The summed E-state index contributed by atoms with van der Waals surface area (Å²) in [5.74, 6) is -0.261. The van der Waals surface area contributed by atoms with Gasteiger partial charge in [0.1, 0.15) is 11.5 Å². The van der Waals surface area contributed by atoms with Gasteiger partial charge in [-0.2, -0.15) is 0 Å². The Hall–Kier alpha value is -4.11. The van der Waals surface area contributed by atoms with Gasteiger partial charge in [0.05, 0.1) is 12.0 Å². The van der Waals surface area contributed by atoms with E-state index in [1.165, 1.54) is 12.1 Å². The van der Waals surface area contributed by atoms with E-state index in [0.29, 0.717) is 47.1 Å². The number of anilines is 1. The van der Waals surface area contributed by atoms with Crippen LogP contribution in [0.15, 0.2) is 71.5 Å². The van der Waals surface area contributed by atoms with Crippen LogP contribution in [0, 0.1) is 11.7 Å². The zero-order valence-electron chi connectivity index (χ0n) is 23.6. The lowest BCUT2D eigenvalue weighted by atomic mass is 10.1. The van der Waals surface area contributed by atoms with Crippen LogP contribution in [0.25, 0.3) is 11.0 Å². The Bertz CT molecular complexity index is 1490. The molecule has 0 spiro atoms. The van der Waals surface area contributed by atoms with Crippen LogP contribution in [0.1, 0.15) is 48.3 Å². The summed E-state index contributed by atoms with van der Waals surface area (Å²) in [5, 5.41) is 4.96. The molecule has 0 fully saturated rings. The van der Waals surface area contributed by atoms with Crippen molar-refractivity contribution in [1.82, 2.24) is 19.9 Å². The van der Waals surface area contributed by atoms with Crippen molar-refractivity contribution in [3.05, 3.63) is 89.6 Å². The molecule has 1 aliphatic rings. The van der Waals surface area contributed by atoms with Crippen LogP contribution in [0.2, 0.25) is 0 Å². The number of para-hydroxylation sites is 1. The normalized spacial score (nSPS) is 15.4. The fourth-order valence-electron chi connectivity index (χ4n) is 5.49. The third-order valence-corrected chi connectivity index (χ3v) is 7.35. The molecule has 0 saturated carbocycles. The third-order valence-electron chi connectivity index (χ3n) is 7.35. The van der Waals surface area contributed by atoms with Crippen molar-refractivity contribution in [3.8, 4) is 0 Å². The van der Waals surface area contributed by atoms with Gasteiger partial charge in [0.25, 0.3) is 5.91 Å². The molecular weight excluding hydrogens is 521 g/mol. The lowest BCUT2D eigenvalue weighted by Crippen LogP contribution is -2.40. The number of halogens is 1. The predicted molar refractivity (Wildman–Crippen MR) is 156 cm³/mol. The second-order valence-corrected chi connectivity index (χ2v) is 11.0. The summed E-state index contributed by atoms with van der Waals surface area (Å²) in [5.41, 5.74) is 2.84. The molecule has 1 aliphatic heterocycles. The Morgan fingerprint density at radius 1 is 1.00 bits per heavy atom. The third kappa shape index (κ3) is 6.97. The zero-order chi connectivity index (χ0) is 28.8. The molecule has 0 bridgehead atoms. The standard InChI is InChI=1S/C32H36FN5O3/c1-23(2)21-36-14-6-16-37(31(39)19-28-27-9-3-4-10-30(27)41-35-28)22-25-18-26(33)11-12-29(25)38(17-7-15-36)32(40)24-8-5-13-34-20-24/h3-5,8-13,18,20,23H,6-7,14-17,19,21-22H2,1-2H3. The quantitative estimate of drug-likeness (QED) is 0.330. The summed E-state index contributed by atoms with van der Waals surface area (Å²) in [6.45, 7) is 8.07. The molecule has 9 heteroatoms. The van der Waals surface area contributed by atoms with Crippen molar-refractivity contribution in [1.29, 1.82) is 0 Å². The molecule has 41 heavy (non-hydrogen) atoms. The van der Waals surface area contributed by atoms with Gasteiger partial charge in [-0.3, -0.25) is 14.6 Å². The lowest BCUT2D eigenvalue weighted by molar-refractivity contribution is -0.131. The van der Waals surface area contributed by atoms with Crippen LogP contribution < -0.4 is 4.90 Å². The van der Waals surface area contributed by atoms with Crippen LogP contribution in [-0.2, 0) is 17.8 Å². The van der Waals surface area contributed by atoms with E-state index >= 15 is 0 Å². The van der Waals surface area contributed by atoms with Crippen LogP contribution >= 0.6 is 0 Å². The monoisotopic (exact) mass is 557 g/mol. The highest BCUT2D eigenvalue weighted by Gasteiger charge is 2.25. The molecule has 8 nitrogen and oxygen atoms in total. The Labute approximate surface area is 239 Å². The van der Waals surface area contributed by atoms with Gasteiger partial charge in [-0.1, -0.05) is 31.1 Å². The molecule has 0 radical (unpaired) electrons. The number of fused-ring (bicyclic) bond motifs is 2. The molecule has 0 N–H and O–H groups in total. The number of nitrogens with zero attached hydrogens (tertiary/aromatic N) is 5. The molecule has 5 rings (SSSR count). The summed E-state index contributed by atoms with van der Waals surface area (Å²) in [6, 6.07) is 15.4. The van der Waals surface area contributed by atoms with Crippen molar-refractivity contribution in [2.24, 2.45) is 5.92 Å². The topological polar surface area (TPSA) is 82.8 Å². The minimum Gasteiger partial charge on any atom is -0.356 e. The van der Waals surface area contributed by atoms with Crippen molar-refractivity contribution >= 4 is 28.5 Å². The molecule has 214 valence electrons. The average molecular weight is 558 g/mol. The van der Waals surface area contributed by atoms with Gasteiger partial charge in [-0.15, -0.1) is 0 Å². The number of benzene rings is 2. The second-order valence-electron chi connectivity index (χ2n) is 11.0. The summed E-state index contributed by atoms with van der Waals surface area (Å²) < 4.78 is 20.1. The number of carbonyl (C=O) groups is 2. The van der Waals surface area contributed by atoms with E-state index in [4.69, 9.17) is 4.52 Å². The molecule has 4 aromatic rings. The van der Waals surface area contributed by atoms with E-state index in [-0.39, 0.29) is 24.8 Å². The fraction of sp³-hybridized carbons (Fsp3) is 0.375. The first-order valence-electron chi connectivity index (χ1n) is 14.2. The van der Waals surface area contributed by atoms with E-state index in [1.807, 2.05) is 24.3 Å². The molecule has 2 aromatic carbocycles. The average Bonchev–Trinajstić information content (AvgIpc) is 3.37. The van der Waals surface area contributed by atoms with E-state index in [1.54, 1.807) is 40.4 Å². The smallest absolute Gasteiger partial charge is 0.259 e. The lowest BCUT2D eigenvalue weighted by Gasteiger charge is -2.32. The zero-order valence-corrected chi connectivity index (χ0v) is 23.6. The minimum atomic E-state index is -0.414. The number of rotatable bonds is 5. The number of pyridine rings is 1. The van der Waals surface area contributed by atoms with Crippen molar-refractivity contribution in [3.63, 3.8) is 0 Å². The minimum absolute atomic E-state index is 0.0652. The van der Waals surface area contributed by atoms with Gasteiger partial charge >= 0.3 is 0 Å². The number of hydrogen-bond acceptors (Lipinski definition) is 6. The van der Waals surface area contributed by atoms with Gasteiger partial charge < -0.3 is 19.2 Å². The highest BCUT2D eigenvalue weighted by atomic mass is 19.1. The van der Waals surface area contributed by atoms with Crippen LogP contribution in [0.4, 0.5) is 10.1 Å². The molecular formula is C32H36FN5O3. The fourth-order valence-corrected chi connectivity index (χ4v) is 5.49. The maximum Gasteiger partial charge on any atom is 0.259 e. The molecule has 0 unspecified atom stereocenters. The SMILES string of the molecule is CC(C)CN1CCCN(C(=O)Cc2noc3ccccc23)Cc2cc(F)ccc2N(C(=O)c2cccnc2)CCC1. The number of hydrogen-bond donors (Lipinski definition) is 0. The Morgan fingerprint density at radius 2 is 1.80 bits per heavy atom. The number of carbonyl (C=O) groups excluding carboxylic acids is 2. The first-order chi connectivity index (χ1) is 19.9. The van der Waals surface area contributed by atoms with Crippen molar-refractivity contribution in [2.45, 2.75) is 39.7 Å². The summed E-state index contributed by atoms with van der Waals surface area (Å²) in [7, 11) is 0. The molecule has 0 saturated heterocycles. The van der Waals surface area contributed by atoms with Crippen molar-refractivity contribution < 1.29 is 18.5 Å². The second kappa shape index (κ2) is 13.0.